The molecule has 88 valence electrons. The van der Waals surface area contributed by atoms with E-state index in [1.165, 1.54) is 12.8 Å². The zero-order valence-corrected chi connectivity index (χ0v) is 10.5. The molecule has 1 N–H and O–H groups in total. The van der Waals surface area contributed by atoms with Crippen LogP contribution < -0.4 is 5.43 Å². The van der Waals surface area contributed by atoms with Gasteiger partial charge in [0.05, 0.1) is 0 Å². The van der Waals surface area contributed by atoms with Crippen molar-refractivity contribution in [1.29, 1.82) is 0 Å². The molecule has 1 aliphatic rings. The van der Waals surface area contributed by atoms with E-state index in [2.05, 4.69) is 37.9 Å². The molecule has 1 fully saturated rings. The lowest BCUT2D eigenvalue weighted by Gasteiger charge is -2.20. The number of nitrogens with one attached hydrogen (secondary N) is 1. The van der Waals surface area contributed by atoms with Gasteiger partial charge in [0.1, 0.15) is 0 Å². The Balaban J connectivity index is 2.00. The van der Waals surface area contributed by atoms with Crippen LogP contribution >= 0.6 is 0 Å². The molecule has 0 aliphatic heterocycles. The summed E-state index contributed by atoms with van der Waals surface area (Å²) in [5, 5.41) is 2.18. The molecule has 2 heteroatoms. The fourth-order valence-electron chi connectivity index (χ4n) is 2.00. The fourth-order valence-corrected chi connectivity index (χ4v) is 2.00. The molecule has 3 unspecified atom stereocenters. The monoisotopic (exact) mass is 210 g/mol. The predicted octanol–water partition coefficient (Wildman–Crippen LogP) is 2.68. The van der Waals surface area contributed by atoms with Crippen molar-refractivity contribution < 1.29 is 0 Å². The van der Waals surface area contributed by atoms with E-state index in [1.807, 2.05) is 6.08 Å². The largest absolute Gasteiger partial charge is 0.255 e. The highest BCUT2D eigenvalue weighted by atomic mass is 15.5. The maximum Gasteiger partial charge on any atom is 0.0162 e. The summed E-state index contributed by atoms with van der Waals surface area (Å²) in [6.07, 6.45) is 5.87. The third-order valence-electron chi connectivity index (χ3n) is 3.36. The molecule has 0 aromatic rings. The molecule has 3 atom stereocenters. The summed E-state index contributed by atoms with van der Waals surface area (Å²) in [6, 6.07) is 0. The van der Waals surface area contributed by atoms with Crippen LogP contribution in [0.25, 0.3) is 0 Å². The molecule has 0 aromatic heterocycles. The van der Waals surface area contributed by atoms with Crippen LogP contribution in [-0.4, -0.2) is 25.1 Å². The lowest BCUT2D eigenvalue weighted by atomic mass is 10.0. The summed E-state index contributed by atoms with van der Waals surface area (Å²) < 4.78 is 0. The van der Waals surface area contributed by atoms with Crippen LogP contribution in [0, 0.1) is 17.8 Å². The van der Waals surface area contributed by atoms with Gasteiger partial charge < -0.3 is 0 Å². The van der Waals surface area contributed by atoms with E-state index in [9.17, 15) is 0 Å². The van der Waals surface area contributed by atoms with Gasteiger partial charge in [-0.3, -0.25) is 5.43 Å². The molecule has 0 radical (unpaired) electrons. The number of nitrogens with zero attached hydrogens (tertiary/aromatic N) is 1. The number of hydrazine groups is 1. The molecule has 1 rings (SSSR count). The van der Waals surface area contributed by atoms with Crippen LogP contribution in [-0.2, 0) is 0 Å². The highest BCUT2D eigenvalue weighted by Gasteiger charge is 2.33. The maximum atomic E-state index is 3.73. The Morgan fingerprint density at radius 3 is 2.80 bits per heavy atom. The van der Waals surface area contributed by atoms with Crippen LogP contribution in [0.4, 0.5) is 0 Å². The highest BCUT2D eigenvalue weighted by molar-refractivity contribution is 4.83. The second-order valence-corrected chi connectivity index (χ2v) is 5.18. The van der Waals surface area contributed by atoms with Crippen LogP contribution in [0.15, 0.2) is 12.7 Å². The summed E-state index contributed by atoms with van der Waals surface area (Å²) in [4.78, 5) is 0. The first-order valence-electron chi connectivity index (χ1n) is 6.19. The van der Waals surface area contributed by atoms with E-state index < -0.39 is 0 Å². The Hall–Kier alpha value is -0.340. The topological polar surface area (TPSA) is 15.3 Å². The molecule has 0 aromatic carbocycles. The zero-order chi connectivity index (χ0) is 11.3. The van der Waals surface area contributed by atoms with Crippen molar-refractivity contribution in [2.24, 2.45) is 17.8 Å². The average Bonchev–Trinajstić information content (AvgIpc) is 2.88. The Morgan fingerprint density at radius 1 is 1.60 bits per heavy atom. The third-order valence-corrected chi connectivity index (χ3v) is 3.36. The molecule has 0 amide bonds. The lowest BCUT2D eigenvalue weighted by Crippen LogP contribution is -2.37. The third kappa shape index (κ3) is 5.33. The molecule has 15 heavy (non-hydrogen) atoms. The molecular formula is C13H26N2. The summed E-state index contributed by atoms with van der Waals surface area (Å²) in [7, 11) is 2.11. The Labute approximate surface area is 94.7 Å². The Morgan fingerprint density at radius 2 is 2.27 bits per heavy atom. The maximum absolute atomic E-state index is 3.73. The van der Waals surface area contributed by atoms with E-state index in [1.54, 1.807) is 0 Å². The van der Waals surface area contributed by atoms with Gasteiger partial charge in [-0.2, -0.15) is 0 Å². The van der Waals surface area contributed by atoms with Gasteiger partial charge in [-0.25, -0.2) is 5.01 Å². The van der Waals surface area contributed by atoms with Crippen molar-refractivity contribution in [2.45, 2.75) is 33.1 Å². The van der Waals surface area contributed by atoms with Gasteiger partial charge in [-0.1, -0.05) is 19.9 Å². The molecule has 0 spiro atoms. The number of rotatable bonds is 8. The minimum atomic E-state index is 0.797. The van der Waals surface area contributed by atoms with Crippen molar-refractivity contribution in [3.63, 3.8) is 0 Å². The van der Waals surface area contributed by atoms with Crippen LogP contribution in [0.3, 0.4) is 0 Å². The summed E-state index contributed by atoms with van der Waals surface area (Å²) in [5.74, 6) is 2.80. The summed E-state index contributed by atoms with van der Waals surface area (Å²) >= 11 is 0. The van der Waals surface area contributed by atoms with E-state index in [0.717, 1.165) is 37.3 Å². The molecule has 1 saturated carbocycles. The van der Waals surface area contributed by atoms with E-state index in [4.69, 9.17) is 0 Å². The van der Waals surface area contributed by atoms with Crippen LogP contribution in [0.5, 0.6) is 0 Å². The minimum Gasteiger partial charge on any atom is -0.255 e. The Kier molecular flexibility index (Phi) is 5.34. The van der Waals surface area contributed by atoms with Crippen molar-refractivity contribution in [3.8, 4) is 0 Å². The minimum absolute atomic E-state index is 0.797. The first-order chi connectivity index (χ1) is 7.13. The van der Waals surface area contributed by atoms with Gasteiger partial charge in [-0.15, -0.1) is 6.58 Å². The standard InChI is InChI=1S/C13H26N2/c1-5-6-7-15(4)14-10-11(2)8-13-9-12(13)3/h5,11-14H,1,6-10H2,2-4H3. The average molecular weight is 210 g/mol. The fraction of sp³-hybridized carbons (Fsp3) is 0.846. The van der Waals surface area contributed by atoms with Gasteiger partial charge in [0.25, 0.3) is 0 Å². The zero-order valence-electron chi connectivity index (χ0n) is 10.5. The second kappa shape index (κ2) is 6.29. The van der Waals surface area contributed by atoms with E-state index >= 15 is 0 Å². The predicted molar refractivity (Wildman–Crippen MR) is 66.5 cm³/mol. The summed E-state index contributed by atoms with van der Waals surface area (Å²) in [6.45, 7) is 10.6. The Bertz CT molecular complexity index is 191. The molecular weight excluding hydrogens is 184 g/mol. The lowest BCUT2D eigenvalue weighted by molar-refractivity contribution is 0.218. The SMILES string of the molecule is C=CCCN(C)NCC(C)CC1CC1C. The highest BCUT2D eigenvalue weighted by Crippen LogP contribution is 2.42. The van der Waals surface area contributed by atoms with Gasteiger partial charge in [0.15, 0.2) is 0 Å². The smallest absolute Gasteiger partial charge is 0.0162 e. The summed E-state index contributed by atoms with van der Waals surface area (Å²) in [5.41, 5.74) is 3.45. The van der Waals surface area contributed by atoms with Gasteiger partial charge >= 0.3 is 0 Å². The quantitative estimate of drug-likeness (QED) is 0.489. The van der Waals surface area contributed by atoms with Crippen LogP contribution in [0.2, 0.25) is 0 Å². The van der Waals surface area contributed by atoms with Gasteiger partial charge in [0, 0.05) is 20.1 Å². The van der Waals surface area contributed by atoms with Crippen molar-refractivity contribution in [3.05, 3.63) is 12.7 Å². The van der Waals surface area contributed by atoms with Crippen molar-refractivity contribution >= 4 is 0 Å². The second-order valence-electron chi connectivity index (χ2n) is 5.18. The molecule has 0 heterocycles. The van der Waals surface area contributed by atoms with Crippen molar-refractivity contribution in [1.82, 2.24) is 10.4 Å². The number of hydrogen-bond donors (Lipinski definition) is 1. The van der Waals surface area contributed by atoms with E-state index in [0.29, 0.717) is 0 Å². The van der Waals surface area contributed by atoms with Crippen molar-refractivity contribution in [2.75, 3.05) is 20.1 Å². The van der Waals surface area contributed by atoms with Gasteiger partial charge in [-0.05, 0) is 37.0 Å². The van der Waals surface area contributed by atoms with E-state index in [-0.39, 0.29) is 0 Å². The van der Waals surface area contributed by atoms with Gasteiger partial charge in [0.2, 0.25) is 0 Å². The molecule has 0 bridgehead atoms. The normalized spacial score (nSPS) is 26.7. The molecule has 2 nitrogen and oxygen atoms in total. The number of hydrogen-bond acceptors (Lipinski definition) is 2. The molecule has 0 saturated heterocycles. The van der Waals surface area contributed by atoms with Crippen LogP contribution in [0.1, 0.15) is 33.1 Å². The first kappa shape index (κ1) is 12.7. The first-order valence-corrected chi connectivity index (χ1v) is 6.19. The molecule has 1 aliphatic carbocycles.